The molecule has 2 N–H and O–H groups in total. The van der Waals surface area contributed by atoms with E-state index in [9.17, 15) is 14.4 Å². The van der Waals surface area contributed by atoms with Gasteiger partial charge in [-0.2, -0.15) is 0 Å². The van der Waals surface area contributed by atoms with Crippen molar-refractivity contribution < 1.29 is 19.1 Å². The predicted octanol–water partition coefficient (Wildman–Crippen LogP) is 0.886. The molecule has 1 aliphatic rings. The molecule has 1 saturated heterocycles. The van der Waals surface area contributed by atoms with Crippen molar-refractivity contribution >= 4 is 17.9 Å². The van der Waals surface area contributed by atoms with Gasteiger partial charge in [0, 0.05) is 26.1 Å². The number of ether oxygens (including phenoxy) is 1. The summed E-state index contributed by atoms with van der Waals surface area (Å²) in [5.41, 5.74) is 0. The zero-order valence-corrected chi connectivity index (χ0v) is 13.4. The first kappa shape index (κ1) is 19.2. The Labute approximate surface area is 126 Å². The van der Waals surface area contributed by atoms with E-state index in [0.717, 1.165) is 12.8 Å². The van der Waals surface area contributed by atoms with E-state index in [-0.39, 0.29) is 24.4 Å². The highest BCUT2D eigenvalue weighted by Gasteiger charge is 2.28. The fraction of sp³-hybridized carbons (Fsp3) is 0.786. The smallest absolute Gasteiger partial charge is 0.407 e. The van der Waals surface area contributed by atoms with Gasteiger partial charge in [-0.15, -0.1) is 0 Å². The van der Waals surface area contributed by atoms with Gasteiger partial charge in [0.2, 0.25) is 11.8 Å². The SMILES string of the molecule is CCC.COC(=O)NCC(=O)N1CCCC1CNC(C)=O. The first-order valence-corrected chi connectivity index (χ1v) is 7.31. The topological polar surface area (TPSA) is 87.7 Å². The van der Waals surface area contributed by atoms with Crippen molar-refractivity contribution in [3.05, 3.63) is 0 Å². The molecular weight excluding hydrogens is 274 g/mol. The molecule has 3 amide bonds. The van der Waals surface area contributed by atoms with Crippen molar-refractivity contribution in [2.75, 3.05) is 26.7 Å². The maximum absolute atomic E-state index is 11.9. The van der Waals surface area contributed by atoms with Gasteiger partial charge in [-0.05, 0) is 12.8 Å². The van der Waals surface area contributed by atoms with Gasteiger partial charge in [0.05, 0.1) is 7.11 Å². The quantitative estimate of drug-likeness (QED) is 0.807. The minimum atomic E-state index is -0.624. The number of hydrogen-bond acceptors (Lipinski definition) is 4. The van der Waals surface area contributed by atoms with Crippen LogP contribution in [0.5, 0.6) is 0 Å². The minimum Gasteiger partial charge on any atom is -0.453 e. The number of rotatable bonds is 4. The third-order valence-corrected chi connectivity index (χ3v) is 2.85. The molecule has 7 nitrogen and oxygen atoms in total. The van der Waals surface area contributed by atoms with Crippen molar-refractivity contribution in [1.82, 2.24) is 15.5 Å². The van der Waals surface area contributed by atoms with Crippen LogP contribution in [0.15, 0.2) is 0 Å². The Morgan fingerprint density at radius 2 is 1.86 bits per heavy atom. The number of alkyl carbamates (subject to hydrolysis) is 1. The van der Waals surface area contributed by atoms with Crippen molar-refractivity contribution in [2.45, 2.75) is 46.1 Å². The third kappa shape index (κ3) is 8.16. The van der Waals surface area contributed by atoms with Gasteiger partial charge in [-0.3, -0.25) is 9.59 Å². The molecule has 7 heteroatoms. The Morgan fingerprint density at radius 3 is 2.38 bits per heavy atom. The number of nitrogens with zero attached hydrogens (tertiary/aromatic N) is 1. The van der Waals surface area contributed by atoms with Crippen LogP contribution in [-0.2, 0) is 14.3 Å². The maximum Gasteiger partial charge on any atom is 0.407 e. The normalized spacial score (nSPS) is 16.6. The average molecular weight is 301 g/mol. The Bertz CT molecular complexity index is 347. The molecule has 0 aromatic heterocycles. The molecule has 0 aromatic rings. The number of carbonyl (C=O) groups is 3. The van der Waals surface area contributed by atoms with Crippen LogP contribution in [0.25, 0.3) is 0 Å². The number of hydrogen-bond donors (Lipinski definition) is 2. The lowest BCUT2D eigenvalue weighted by atomic mass is 10.2. The minimum absolute atomic E-state index is 0.0147. The summed E-state index contributed by atoms with van der Waals surface area (Å²) in [5.74, 6) is -0.268. The van der Waals surface area contributed by atoms with E-state index in [1.54, 1.807) is 4.90 Å². The molecule has 0 radical (unpaired) electrons. The van der Waals surface area contributed by atoms with E-state index >= 15 is 0 Å². The average Bonchev–Trinajstić information content (AvgIpc) is 2.91. The Hall–Kier alpha value is -1.79. The Morgan fingerprint density at radius 1 is 1.24 bits per heavy atom. The van der Waals surface area contributed by atoms with E-state index in [1.807, 2.05) is 0 Å². The van der Waals surface area contributed by atoms with E-state index in [2.05, 4.69) is 29.2 Å². The van der Waals surface area contributed by atoms with Crippen molar-refractivity contribution in [3.63, 3.8) is 0 Å². The fourth-order valence-electron chi connectivity index (χ4n) is 1.96. The summed E-state index contributed by atoms with van der Waals surface area (Å²) in [6.07, 6.45) is 2.40. The van der Waals surface area contributed by atoms with Crippen LogP contribution in [0.2, 0.25) is 0 Å². The molecule has 0 bridgehead atoms. The number of nitrogens with one attached hydrogen (secondary N) is 2. The van der Waals surface area contributed by atoms with Crippen molar-refractivity contribution in [2.24, 2.45) is 0 Å². The molecule has 21 heavy (non-hydrogen) atoms. The van der Waals surface area contributed by atoms with Crippen LogP contribution >= 0.6 is 0 Å². The molecule has 0 saturated carbocycles. The lowest BCUT2D eigenvalue weighted by Crippen LogP contribution is -2.46. The molecule has 1 unspecified atom stereocenters. The third-order valence-electron chi connectivity index (χ3n) is 2.85. The second-order valence-corrected chi connectivity index (χ2v) is 4.87. The van der Waals surface area contributed by atoms with Gasteiger partial charge < -0.3 is 20.3 Å². The maximum atomic E-state index is 11.9. The predicted molar refractivity (Wildman–Crippen MR) is 79.8 cm³/mol. The molecule has 1 atom stereocenters. The van der Waals surface area contributed by atoms with Crippen LogP contribution in [0, 0.1) is 0 Å². The lowest BCUT2D eigenvalue weighted by molar-refractivity contribution is -0.131. The van der Waals surface area contributed by atoms with Crippen LogP contribution in [0.4, 0.5) is 4.79 Å². The summed E-state index contributed by atoms with van der Waals surface area (Å²) >= 11 is 0. The van der Waals surface area contributed by atoms with Crippen molar-refractivity contribution in [3.8, 4) is 0 Å². The summed E-state index contributed by atoms with van der Waals surface area (Å²) in [7, 11) is 1.25. The molecule has 122 valence electrons. The van der Waals surface area contributed by atoms with Gasteiger partial charge in [0.1, 0.15) is 6.54 Å². The number of amides is 3. The fourth-order valence-corrected chi connectivity index (χ4v) is 1.96. The first-order chi connectivity index (χ1) is 9.96. The molecule has 0 aromatic carbocycles. The lowest BCUT2D eigenvalue weighted by Gasteiger charge is -2.24. The highest BCUT2D eigenvalue weighted by Crippen LogP contribution is 2.16. The Kier molecular flexibility index (Phi) is 10.0. The molecular formula is C14H27N3O4. The second kappa shape index (κ2) is 10.9. The van der Waals surface area contributed by atoms with Crippen LogP contribution in [0.3, 0.4) is 0 Å². The highest BCUT2D eigenvalue weighted by atomic mass is 16.5. The standard InChI is InChI=1S/C11H19N3O4.C3H8/c1-8(15)12-6-9-4-3-5-14(9)10(16)7-13-11(17)18-2;1-3-2/h9H,3-7H2,1-2H3,(H,12,15)(H,13,17);3H2,1-2H3. The Balaban J connectivity index is 0.00000122. The van der Waals surface area contributed by atoms with Crippen LogP contribution < -0.4 is 10.6 Å². The van der Waals surface area contributed by atoms with E-state index in [1.165, 1.54) is 20.5 Å². The van der Waals surface area contributed by atoms with E-state index < -0.39 is 6.09 Å². The van der Waals surface area contributed by atoms with Crippen LogP contribution in [-0.4, -0.2) is 55.6 Å². The number of likely N-dealkylation sites (tertiary alicyclic amines) is 1. The van der Waals surface area contributed by atoms with Crippen molar-refractivity contribution in [1.29, 1.82) is 0 Å². The van der Waals surface area contributed by atoms with Crippen LogP contribution in [0.1, 0.15) is 40.0 Å². The molecule has 0 aliphatic carbocycles. The number of methoxy groups -OCH3 is 1. The summed E-state index contributed by atoms with van der Waals surface area (Å²) < 4.78 is 4.39. The van der Waals surface area contributed by atoms with Gasteiger partial charge in [0.15, 0.2) is 0 Å². The van der Waals surface area contributed by atoms with Gasteiger partial charge in [-0.25, -0.2) is 4.79 Å². The monoisotopic (exact) mass is 301 g/mol. The molecule has 1 fully saturated rings. The number of carbonyl (C=O) groups excluding carboxylic acids is 3. The highest BCUT2D eigenvalue weighted by molar-refractivity contribution is 5.82. The van der Waals surface area contributed by atoms with Gasteiger partial charge in [0.25, 0.3) is 0 Å². The second-order valence-electron chi connectivity index (χ2n) is 4.87. The summed E-state index contributed by atoms with van der Waals surface area (Å²) in [4.78, 5) is 35.3. The zero-order valence-electron chi connectivity index (χ0n) is 13.4. The summed E-state index contributed by atoms with van der Waals surface area (Å²) in [6, 6.07) is 0.0147. The van der Waals surface area contributed by atoms with Gasteiger partial charge in [-0.1, -0.05) is 20.3 Å². The zero-order chi connectivity index (χ0) is 16.3. The molecule has 0 spiro atoms. The van der Waals surface area contributed by atoms with Gasteiger partial charge >= 0.3 is 6.09 Å². The first-order valence-electron chi connectivity index (χ1n) is 7.31. The molecule has 1 aliphatic heterocycles. The van der Waals surface area contributed by atoms with E-state index in [4.69, 9.17) is 0 Å². The van der Waals surface area contributed by atoms with E-state index in [0.29, 0.717) is 13.1 Å². The summed E-state index contributed by atoms with van der Waals surface area (Å²) in [5, 5.41) is 5.06. The largest absolute Gasteiger partial charge is 0.453 e. The molecule has 1 rings (SSSR count). The summed E-state index contributed by atoms with van der Waals surface area (Å²) in [6.45, 7) is 6.73. The molecule has 1 heterocycles.